The predicted octanol–water partition coefficient (Wildman–Crippen LogP) is 3.28. The number of piperidine rings is 1. The Balaban J connectivity index is 1.80. The fourth-order valence-corrected chi connectivity index (χ4v) is 5.23. The van der Waals surface area contributed by atoms with Gasteiger partial charge in [-0.05, 0) is 73.6 Å². The van der Waals surface area contributed by atoms with Crippen LogP contribution >= 0.6 is 0 Å². The van der Waals surface area contributed by atoms with Crippen LogP contribution in [0.3, 0.4) is 0 Å². The highest BCUT2D eigenvalue weighted by Gasteiger charge is 2.31. The minimum absolute atomic E-state index is 0.383. The van der Waals surface area contributed by atoms with Crippen LogP contribution in [-0.2, 0) is 10.0 Å². The van der Waals surface area contributed by atoms with Gasteiger partial charge in [0.05, 0.1) is 12.0 Å². The summed E-state index contributed by atoms with van der Waals surface area (Å²) in [5.41, 5.74) is 2.79. The highest BCUT2D eigenvalue weighted by molar-refractivity contribution is 7.89. The van der Waals surface area contributed by atoms with E-state index in [0.29, 0.717) is 29.7 Å². The van der Waals surface area contributed by atoms with Gasteiger partial charge >= 0.3 is 0 Å². The first kappa shape index (κ1) is 17.9. The highest BCUT2D eigenvalue weighted by atomic mass is 32.2. The lowest BCUT2D eigenvalue weighted by molar-refractivity contribution is 0.319. The van der Waals surface area contributed by atoms with E-state index >= 15 is 0 Å². The molecule has 5 nitrogen and oxygen atoms in total. The molecule has 1 fully saturated rings. The number of hydrogen-bond donors (Lipinski definition) is 0. The molecule has 0 spiro atoms. The fraction of sp³-hybridized carbons (Fsp3) is 0.421. The van der Waals surface area contributed by atoms with Gasteiger partial charge < -0.3 is 4.74 Å². The molecular formula is C19H24N2O3S. The van der Waals surface area contributed by atoms with Gasteiger partial charge in [-0.3, -0.25) is 4.98 Å². The summed E-state index contributed by atoms with van der Waals surface area (Å²) in [6.07, 6.45) is 5.25. The Morgan fingerprint density at radius 1 is 1.08 bits per heavy atom. The van der Waals surface area contributed by atoms with E-state index in [1.807, 2.05) is 26.0 Å². The molecule has 0 bridgehead atoms. The number of hydrogen-bond acceptors (Lipinski definition) is 4. The van der Waals surface area contributed by atoms with Crippen LogP contribution in [0.25, 0.3) is 0 Å². The Bertz CT molecular complexity index is 842. The number of ether oxygens (including phenoxy) is 1. The van der Waals surface area contributed by atoms with Crippen LogP contribution < -0.4 is 4.74 Å². The lowest BCUT2D eigenvalue weighted by atomic mass is 9.91. The normalized spacial score (nSPS) is 16.8. The third-order valence-corrected chi connectivity index (χ3v) is 6.98. The maximum atomic E-state index is 13.1. The molecule has 1 aliphatic heterocycles. The van der Waals surface area contributed by atoms with E-state index < -0.39 is 10.0 Å². The van der Waals surface area contributed by atoms with E-state index in [1.54, 1.807) is 35.9 Å². The number of aromatic nitrogens is 1. The van der Waals surface area contributed by atoms with Crippen molar-refractivity contribution in [3.05, 3.63) is 53.3 Å². The van der Waals surface area contributed by atoms with Crippen molar-refractivity contribution in [3.8, 4) is 5.75 Å². The number of pyridine rings is 1. The molecule has 25 heavy (non-hydrogen) atoms. The fourth-order valence-electron chi connectivity index (χ4n) is 3.47. The monoisotopic (exact) mass is 360 g/mol. The Hall–Kier alpha value is -1.92. The van der Waals surface area contributed by atoms with Crippen LogP contribution in [-0.4, -0.2) is 37.9 Å². The summed E-state index contributed by atoms with van der Waals surface area (Å²) in [4.78, 5) is 4.43. The molecule has 0 radical (unpaired) electrons. The summed E-state index contributed by atoms with van der Waals surface area (Å²) in [6.45, 7) is 4.77. The summed E-state index contributed by atoms with van der Waals surface area (Å²) < 4.78 is 33.1. The van der Waals surface area contributed by atoms with Gasteiger partial charge in [-0.15, -0.1) is 0 Å². The van der Waals surface area contributed by atoms with E-state index in [2.05, 4.69) is 4.98 Å². The van der Waals surface area contributed by atoms with Gasteiger partial charge in [0.25, 0.3) is 0 Å². The Kier molecular flexibility index (Phi) is 5.11. The van der Waals surface area contributed by atoms with Gasteiger partial charge in [-0.1, -0.05) is 0 Å². The number of methoxy groups -OCH3 is 1. The molecule has 0 unspecified atom stereocenters. The van der Waals surface area contributed by atoms with Gasteiger partial charge in [-0.25, -0.2) is 8.42 Å². The minimum Gasteiger partial charge on any atom is -0.496 e. The second-order valence-electron chi connectivity index (χ2n) is 6.55. The smallest absolute Gasteiger partial charge is 0.243 e. The van der Waals surface area contributed by atoms with Crippen molar-refractivity contribution in [2.45, 2.75) is 37.5 Å². The lowest BCUT2D eigenvalue weighted by Crippen LogP contribution is -2.38. The van der Waals surface area contributed by atoms with Gasteiger partial charge in [-0.2, -0.15) is 4.31 Å². The summed E-state index contributed by atoms with van der Waals surface area (Å²) >= 11 is 0. The van der Waals surface area contributed by atoms with E-state index in [0.717, 1.165) is 24.0 Å². The number of sulfonamides is 1. The molecule has 2 heterocycles. The van der Waals surface area contributed by atoms with Crippen molar-refractivity contribution < 1.29 is 13.2 Å². The third-order valence-electron chi connectivity index (χ3n) is 4.94. The maximum absolute atomic E-state index is 13.1. The van der Waals surface area contributed by atoms with Crippen molar-refractivity contribution in [3.63, 3.8) is 0 Å². The molecule has 3 rings (SSSR count). The first-order valence-electron chi connectivity index (χ1n) is 8.49. The van der Waals surface area contributed by atoms with Crippen molar-refractivity contribution in [2.75, 3.05) is 20.2 Å². The first-order chi connectivity index (χ1) is 11.9. The number of nitrogens with zero attached hydrogens (tertiary/aromatic N) is 2. The Morgan fingerprint density at radius 2 is 1.72 bits per heavy atom. The van der Waals surface area contributed by atoms with Crippen LogP contribution in [0.15, 0.2) is 41.6 Å². The van der Waals surface area contributed by atoms with Gasteiger partial charge in [0.1, 0.15) is 5.75 Å². The number of benzene rings is 1. The number of aryl methyl sites for hydroxylation is 2. The zero-order chi connectivity index (χ0) is 18.0. The van der Waals surface area contributed by atoms with Crippen LogP contribution in [0.2, 0.25) is 0 Å². The largest absolute Gasteiger partial charge is 0.496 e. The molecule has 1 saturated heterocycles. The molecule has 0 aliphatic carbocycles. The van der Waals surface area contributed by atoms with Gasteiger partial charge in [0.15, 0.2) is 0 Å². The van der Waals surface area contributed by atoms with E-state index in [-0.39, 0.29) is 0 Å². The van der Waals surface area contributed by atoms with Crippen LogP contribution in [0.1, 0.15) is 35.4 Å². The average molecular weight is 360 g/mol. The summed E-state index contributed by atoms with van der Waals surface area (Å²) in [7, 11) is -1.88. The molecule has 1 aromatic heterocycles. The standard InChI is InChI=1S/C19H24N2O3S/c1-14-13-19(15(2)12-18(14)24-3)25(22,23)21-10-6-17(7-11-21)16-4-8-20-9-5-16/h4-5,8-9,12-13,17H,6-7,10-11H2,1-3H3. The van der Waals surface area contributed by atoms with Crippen molar-refractivity contribution in [1.29, 1.82) is 0 Å². The third kappa shape index (κ3) is 3.55. The van der Waals surface area contributed by atoms with Crippen molar-refractivity contribution in [1.82, 2.24) is 9.29 Å². The zero-order valence-electron chi connectivity index (χ0n) is 14.9. The highest BCUT2D eigenvalue weighted by Crippen LogP contribution is 2.32. The van der Waals surface area contributed by atoms with Gasteiger partial charge in [0, 0.05) is 25.5 Å². The second kappa shape index (κ2) is 7.14. The summed E-state index contributed by atoms with van der Waals surface area (Å²) in [6, 6.07) is 7.56. The molecule has 1 aliphatic rings. The van der Waals surface area contributed by atoms with Crippen LogP contribution in [0.4, 0.5) is 0 Å². The molecule has 6 heteroatoms. The summed E-state index contributed by atoms with van der Waals surface area (Å²) in [5.74, 6) is 1.11. The topological polar surface area (TPSA) is 59.5 Å². The first-order valence-corrected chi connectivity index (χ1v) is 9.93. The van der Waals surface area contributed by atoms with Crippen molar-refractivity contribution >= 4 is 10.0 Å². The molecule has 134 valence electrons. The van der Waals surface area contributed by atoms with Crippen LogP contribution in [0, 0.1) is 13.8 Å². The van der Waals surface area contributed by atoms with E-state index in [1.165, 1.54) is 5.56 Å². The van der Waals surface area contributed by atoms with Crippen molar-refractivity contribution in [2.24, 2.45) is 0 Å². The quantitative estimate of drug-likeness (QED) is 0.840. The van der Waals surface area contributed by atoms with Crippen LogP contribution in [0.5, 0.6) is 5.75 Å². The van der Waals surface area contributed by atoms with Gasteiger partial charge in [0.2, 0.25) is 10.0 Å². The Morgan fingerprint density at radius 3 is 2.32 bits per heavy atom. The summed E-state index contributed by atoms with van der Waals surface area (Å²) in [5, 5.41) is 0. The Labute approximate surface area is 149 Å². The molecule has 0 amide bonds. The lowest BCUT2D eigenvalue weighted by Gasteiger charge is -2.32. The molecular weight excluding hydrogens is 336 g/mol. The molecule has 0 N–H and O–H groups in total. The predicted molar refractivity (Wildman–Crippen MR) is 97.4 cm³/mol. The number of rotatable bonds is 4. The SMILES string of the molecule is COc1cc(C)c(S(=O)(=O)N2CCC(c3ccncc3)CC2)cc1C. The van der Waals surface area contributed by atoms with E-state index in [9.17, 15) is 8.42 Å². The minimum atomic E-state index is -3.48. The zero-order valence-corrected chi connectivity index (χ0v) is 15.7. The molecule has 1 aromatic carbocycles. The molecule has 0 atom stereocenters. The average Bonchev–Trinajstić information content (AvgIpc) is 2.64. The molecule has 2 aromatic rings. The maximum Gasteiger partial charge on any atom is 0.243 e. The van der Waals surface area contributed by atoms with E-state index in [4.69, 9.17) is 4.74 Å². The molecule has 0 saturated carbocycles. The second-order valence-corrected chi connectivity index (χ2v) is 8.45.